The third-order valence-electron chi connectivity index (χ3n) is 21.4. The highest BCUT2D eigenvalue weighted by Gasteiger charge is 2.30. The fourth-order valence-corrected chi connectivity index (χ4v) is 15.4. The molecule has 0 fully saturated rings. The van der Waals surface area contributed by atoms with E-state index in [-0.39, 0.29) is 19.3 Å². The molecule has 4 N–H and O–H groups in total. The van der Waals surface area contributed by atoms with E-state index in [9.17, 15) is 43.5 Å². The summed E-state index contributed by atoms with van der Waals surface area (Å²) in [6, 6.07) is 0. The van der Waals surface area contributed by atoms with E-state index in [1.54, 1.807) is 0 Å². The summed E-state index contributed by atoms with van der Waals surface area (Å²) in [5.41, 5.74) is 0. The number of ether oxygens (including phenoxy) is 3. The van der Waals surface area contributed by atoms with Crippen molar-refractivity contribution in [2.45, 2.75) is 450 Å². The van der Waals surface area contributed by atoms with Gasteiger partial charge < -0.3 is 34.2 Å². The molecule has 16 nitrogen and oxygen atoms in total. The SMILES string of the molecule is CC/C=C\C/C=C\C/C=C\C/C=C\C/C=C\C/C=C\CCCCCCCCCCCCCCCCCCC(=O)OCC(O)COP(=O)(O)OCC(O)COP(=O)(O)OCC(COC(=O)CCCCCCCCCCCCCCCCCCCCC/C=C\C/C=C\C/C=C\C/C=C\C/C=C\CC)OC(=O)CCCCCCCC/C=C\C/C=C\C/C=C\CCCCC. The van der Waals surface area contributed by atoms with Crippen LogP contribution < -0.4 is 0 Å². The molecule has 0 saturated carbocycles. The fourth-order valence-electron chi connectivity index (χ4n) is 13.8. The summed E-state index contributed by atoms with van der Waals surface area (Å²) >= 11 is 0. The molecule has 125 heavy (non-hydrogen) atoms. The summed E-state index contributed by atoms with van der Waals surface area (Å²) in [7, 11) is -9.82. The third kappa shape index (κ3) is 99.3. The summed E-state index contributed by atoms with van der Waals surface area (Å²) in [6.07, 6.45) is 129. The van der Waals surface area contributed by atoms with E-state index in [0.29, 0.717) is 19.3 Å². The van der Waals surface area contributed by atoms with E-state index in [4.69, 9.17) is 32.3 Å². The van der Waals surface area contributed by atoms with Crippen molar-refractivity contribution < 1.29 is 75.8 Å². The van der Waals surface area contributed by atoms with Gasteiger partial charge >= 0.3 is 33.6 Å². The van der Waals surface area contributed by atoms with Crippen LogP contribution in [-0.4, -0.2) is 95.9 Å². The number of aliphatic hydroxyl groups excluding tert-OH is 2. The lowest BCUT2D eigenvalue weighted by Gasteiger charge is -2.21. The maximum Gasteiger partial charge on any atom is 0.472 e. The lowest BCUT2D eigenvalue weighted by molar-refractivity contribution is -0.161. The monoisotopic (exact) mass is 1790 g/mol. The van der Waals surface area contributed by atoms with Crippen molar-refractivity contribution in [2.75, 3.05) is 39.6 Å². The zero-order valence-electron chi connectivity index (χ0n) is 79.5. The van der Waals surface area contributed by atoms with Gasteiger partial charge in [0.25, 0.3) is 0 Å². The molecule has 0 radical (unpaired) electrons. The number of phosphoric acid groups is 2. The number of esters is 3. The quantitative estimate of drug-likeness (QED) is 0.0146. The van der Waals surface area contributed by atoms with Gasteiger partial charge in [0.15, 0.2) is 6.10 Å². The highest BCUT2D eigenvalue weighted by atomic mass is 31.2. The summed E-state index contributed by atoms with van der Waals surface area (Å²) < 4.78 is 61.6. The maximum atomic E-state index is 13.1. The molecule has 18 heteroatoms. The van der Waals surface area contributed by atoms with Gasteiger partial charge in [-0.05, 0) is 154 Å². The predicted octanol–water partition coefficient (Wildman–Crippen LogP) is 31.8. The molecule has 0 rings (SSSR count). The number of hydrogen-bond acceptors (Lipinski definition) is 14. The van der Waals surface area contributed by atoms with Gasteiger partial charge in [0.05, 0.1) is 26.4 Å². The molecule has 0 spiro atoms. The van der Waals surface area contributed by atoms with Crippen molar-refractivity contribution in [3.05, 3.63) is 170 Å². The summed E-state index contributed by atoms with van der Waals surface area (Å²) in [5, 5.41) is 20.8. The number of hydrogen-bond donors (Lipinski definition) is 4. The van der Waals surface area contributed by atoms with Gasteiger partial charge in [-0.25, -0.2) is 9.13 Å². The second kappa shape index (κ2) is 98.0. The average molecular weight is 1790 g/mol. The highest BCUT2D eigenvalue weighted by Crippen LogP contribution is 2.45. The molecule has 0 aliphatic rings. The normalized spacial score (nSPS) is 14.4. The molecule has 718 valence electrons. The van der Waals surface area contributed by atoms with Gasteiger partial charge in [0.1, 0.15) is 25.4 Å². The third-order valence-corrected chi connectivity index (χ3v) is 23.3. The first-order chi connectivity index (χ1) is 61.2. The van der Waals surface area contributed by atoms with Crippen LogP contribution in [0.2, 0.25) is 0 Å². The Kier molecular flexibility index (Phi) is 94.0. The number of carbonyl (C=O) groups is 3. The Bertz CT molecular complexity index is 2950. The Labute approximate surface area is 764 Å². The van der Waals surface area contributed by atoms with E-state index >= 15 is 0 Å². The number of allylic oxidation sites excluding steroid dienone is 28. The van der Waals surface area contributed by atoms with Crippen LogP contribution in [0.4, 0.5) is 0 Å². The van der Waals surface area contributed by atoms with Crippen LogP contribution in [0.3, 0.4) is 0 Å². The Morgan fingerprint density at radius 2 is 0.424 bits per heavy atom. The van der Waals surface area contributed by atoms with Crippen molar-refractivity contribution in [1.29, 1.82) is 0 Å². The first kappa shape index (κ1) is 120. The van der Waals surface area contributed by atoms with E-state index in [2.05, 4.69) is 191 Å². The lowest BCUT2D eigenvalue weighted by atomic mass is 10.0. The van der Waals surface area contributed by atoms with Gasteiger partial charge in [-0.2, -0.15) is 0 Å². The molecule has 0 aromatic rings. The van der Waals surface area contributed by atoms with Crippen molar-refractivity contribution in [2.24, 2.45) is 0 Å². The first-order valence-corrected chi connectivity index (χ1v) is 53.4. The molecule has 0 bridgehead atoms. The van der Waals surface area contributed by atoms with E-state index in [1.807, 2.05) is 0 Å². The fraction of sp³-hybridized carbons (Fsp3) is 0.710. The van der Waals surface area contributed by atoms with Crippen LogP contribution >= 0.6 is 15.6 Å². The van der Waals surface area contributed by atoms with Gasteiger partial charge in [0, 0.05) is 19.3 Å². The van der Waals surface area contributed by atoms with Crippen LogP contribution in [0.25, 0.3) is 0 Å². The summed E-state index contributed by atoms with van der Waals surface area (Å²) in [5.74, 6) is -1.57. The predicted molar refractivity (Wildman–Crippen MR) is 528 cm³/mol. The molecule has 0 aliphatic heterocycles. The van der Waals surface area contributed by atoms with Gasteiger partial charge in [-0.3, -0.25) is 32.5 Å². The number of aliphatic hydroxyl groups is 2. The Morgan fingerprint density at radius 3 is 0.672 bits per heavy atom. The van der Waals surface area contributed by atoms with E-state index in [0.717, 1.165) is 167 Å². The molecule has 5 unspecified atom stereocenters. The molecule has 0 amide bonds. The minimum absolute atomic E-state index is 0.0894. The number of carbonyl (C=O) groups excluding carboxylic acids is 3. The van der Waals surface area contributed by atoms with Gasteiger partial charge in [0.2, 0.25) is 0 Å². The first-order valence-electron chi connectivity index (χ1n) is 50.4. The molecule has 0 heterocycles. The second-order valence-electron chi connectivity index (χ2n) is 33.5. The molecule has 0 aliphatic carbocycles. The van der Waals surface area contributed by atoms with Gasteiger partial charge in [-0.15, -0.1) is 0 Å². The van der Waals surface area contributed by atoms with Crippen molar-refractivity contribution in [1.82, 2.24) is 0 Å². The Hall–Kier alpha value is -5.09. The maximum absolute atomic E-state index is 13.1. The van der Waals surface area contributed by atoms with Crippen LogP contribution in [0.1, 0.15) is 432 Å². The summed E-state index contributed by atoms with van der Waals surface area (Å²) in [4.78, 5) is 59.1. The minimum atomic E-state index is -4.95. The second-order valence-corrected chi connectivity index (χ2v) is 36.4. The lowest BCUT2D eigenvalue weighted by Crippen LogP contribution is -2.30. The topological polar surface area (TPSA) is 231 Å². The van der Waals surface area contributed by atoms with Crippen LogP contribution in [-0.2, 0) is 55.8 Å². The summed E-state index contributed by atoms with van der Waals surface area (Å²) in [6.45, 7) is 2.48. The number of rotatable bonds is 95. The molecule has 5 atom stereocenters. The van der Waals surface area contributed by atoms with Gasteiger partial charge in [-0.1, -0.05) is 428 Å². The largest absolute Gasteiger partial charge is 0.472 e. The van der Waals surface area contributed by atoms with Crippen LogP contribution in [0.15, 0.2) is 170 Å². The molecular weight excluding hydrogens is 1600 g/mol. The molecule has 0 aromatic heterocycles. The van der Waals surface area contributed by atoms with E-state index in [1.165, 1.54) is 205 Å². The zero-order chi connectivity index (χ0) is 90.7. The molecule has 0 aromatic carbocycles. The van der Waals surface area contributed by atoms with Crippen molar-refractivity contribution in [3.63, 3.8) is 0 Å². The van der Waals surface area contributed by atoms with Crippen molar-refractivity contribution in [3.8, 4) is 0 Å². The zero-order valence-corrected chi connectivity index (χ0v) is 81.3. The average Bonchev–Trinajstić information content (AvgIpc) is 0.893. The van der Waals surface area contributed by atoms with E-state index < -0.39 is 91.5 Å². The number of phosphoric ester groups is 2. The number of unbranched alkanes of at least 4 members (excludes halogenated alkanes) is 44. The molecule has 0 saturated heterocycles. The smallest absolute Gasteiger partial charge is 0.463 e. The standard InChI is InChI=1S/C107H184O16P2/c1-4-7-10-13-16-19-22-25-28-31-34-36-38-40-42-44-46-48-50-52-54-56-58-60-62-64-67-69-72-75-78-81-84-87-90-93-105(110)117-96-102(108)97-119-124(113,114)120-98-103(109)99-121-125(115,116)122-101-104(123-107(112)95-92-89-86-83-80-77-74-71-66-33-30-27-24-21-18-15-12-9-6-3)100-118-106(111)94-91-88-85-82-79-76-73-70-68-65-63-61-59-57-55-53-51-49-47-45-43-41-39-37-35-32-29-26-23-20-17-14-11-8-5-2/h7-8,10-11,16-21,25-30,34-37,40-43,46,48,66,71,102-104,108-109H,4-6,9,12-15,22-24,31-33,38-39,44-45,47,49-65,67-70,72-101H2,1-3H3,(H,113,114)(H,115,116)/b10-7-,11-8-,19-16-,20-17-,21-18-,28-25-,29-26-,30-27-,36-34-,37-35-,42-40-,43-41-,48-46-,71-66-. The van der Waals surface area contributed by atoms with Crippen LogP contribution in [0, 0.1) is 0 Å². The minimum Gasteiger partial charge on any atom is -0.463 e. The van der Waals surface area contributed by atoms with Crippen LogP contribution in [0.5, 0.6) is 0 Å². The van der Waals surface area contributed by atoms with Crippen molar-refractivity contribution >= 4 is 33.6 Å². The molecular formula is C107H184O16P2. The highest BCUT2D eigenvalue weighted by molar-refractivity contribution is 7.47. The Balaban J connectivity index is 4.48. The Morgan fingerprint density at radius 1 is 0.232 bits per heavy atom.